The second kappa shape index (κ2) is 5.01. The molecule has 0 aliphatic carbocycles. The van der Waals surface area contributed by atoms with Gasteiger partial charge in [-0.15, -0.1) is 0 Å². The number of alkyl halides is 3. The van der Waals surface area contributed by atoms with E-state index in [1.165, 1.54) is 0 Å². The van der Waals surface area contributed by atoms with Crippen LogP contribution in [0.3, 0.4) is 0 Å². The number of nitrogens with one attached hydrogen (secondary N) is 1. The minimum absolute atomic E-state index is 0.0681. The third-order valence-corrected chi connectivity index (χ3v) is 2.35. The lowest BCUT2D eigenvalue weighted by molar-refractivity contribution is -0.173. The summed E-state index contributed by atoms with van der Waals surface area (Å²) in [5, 5.41) is 6.74. The zero-order valence-corrected chi connectivity index (χ0v) is 8.96. The molecule has 2 rings (SSSR count). The van der Waals surface area contributed by atoms with Crippen LogP contribution in [-0.2, 0) is 11.2 Å². The first-order valence-electron chi connectivity index (χ1n) is 5.22. The summed E-state index contributed by atoms with van der Waals surface area (Å²) in [6.45, 7) is 0.282. The SMILES string of the molecule is FC(F)(F)COCCc1noc(C2CNC2)n1. The van der Waals surface area contributed by atoms with Gasteiger partial charge in [0, 0.05) is 19.5 Å². The standard InChI is InChI=1S/C9H12F3N3O2/c10-9(11,12)5-16-2-1-7-14-8(17-15-7)6-3-13-4-6/h6,13H,1-5H2. The fraction of sp³-hybridized carbons (Fsp3) is 0.778. The summed E-state index contributed by atoms with van der Waals surface area (Å²) in [4.78, 5) is 4.09. The smallest absolute Gasteiger partial charge is 0.372 e. The normalized spacial score (nSPS) is 17.1. The van der Waals surface area contributed by atoms with Gasteiger partial charge in [0.05, 0.1) is 12.5 Å². The molecule has 1 N–H and O–H groups in total. The average molecular weight is 251 g/mol. The highest BCUT2D eigenvalue weighted by molar-refractivity contribution is 5.00. The number of nitrogens with zero attached hydrogens (tertiary/aromatic N) is 2. The largest absolute Gasteiger partial charge is 0.411 e. The summed E-state index contributed by atoms with van der Waals surface area (Å²) in [5.74, 6) is 1.15. The molecule has 1 aliphatic heterocycles. The Kier molecular flexibility index (Phi) is 3.63. The van der Waals surface area contributed by atoms with Gasteiger partial charge in [-0.05, 0) is 0 Å². The minimum Gasteiger partial charge on any atom is -0.372 e. The number of hydrogen-bond acceptors (Lipinski definition) is 5. The molecule has 96 valence electrons. The second-order valence-corrected chi connectivity index (χ2v) is 3.82. The number of hydrogen-bond donors (Lipinski definition) is 1. The lowest BCUT2D eigenvalue weighted by Crippen LogP contribution is -2.40. The van der Waals surface area contributed by atoms with Crippen molar-refractivity contribution in [1.82, 2.24) is 15.5 Å². The van der Waals surface area contributed by atoms with Crippen molar-refractivity contribution in [2.45, 2.75) is 18.5 Å². The van der Waals surface area contributed by atoms with Gasteiger partial charge in [-0.2, -0.15) is 18.2 Å². The summed E-state index contributed by atoms with van der Waals surface area (Å²) in [6.07, 6.45) is -4.07. The predicted octanol–water partition coefficient (Wildman–Crippen LogP) is 0.878. The van der Waals surface area contributed by atoms with Crippen molar-refractivity contribution in [1.29, 1.82) is 0 Å². The molecule has 1 saturated heterocycles. The molecular weight excluding hydrogens is 239 g/mol. The van der Waals surface area contributed by atoms with Crippen LogP contribution in [0.2, 0.25) is 0 Å². The number of aromatic nitrogens is 2. The molecule has 1 aromatic heterocycles. The van der Waals surface area contributed by atoms with Gasteiger partial charge in [0.15, 0.2) is 5.82 Å². The molecule has 0 unspecified atom stereocenters. The summed E-state index contributed by atoms with van der Waals surface area (Å²) in [7, 11) is 0. The highest BCUT2D eigenvalue weighted by Gasteiger charge is 2.27. The van der Waals surface area contributed by atoms with Crippen LogP contribution in [0.1, 0.15) is 17.6 Å². The summed E-state index contributed by atoms with van der Waals surface area (Å²) in [5.41, 5.74) is 0. The second-order valence-electron chi connectivity index (χ2n) is 3.82. The summed E-state index contributed by atoms with van der Waals surface area (Å²) in [6, 6.07) is 0. The van der Waals surface area contributed by atoms with Crippen LogP contribution in [0.25, 0.3) is 0 Å². The van der Waals surface area contributed by atoms with Crippen LogP contribution in [0.5, 0.6) is 0 Å². The van der Waals surface area contributed by atoms with Crippen LogP contribution in [-0.4, -0.2) is 42.6 Å². The first-order chi connectivity index (χ1) is 8.04. The van der Waals surface area contributed by atoms with E-state index >= 15 is 0 Å². The van der Waals surface area contributed by atoms with E-state index in [-0.39, 0.29) is 18.9 Å². The van der Waals surface area contributed by atoms with Crippen molar-refractivity contribution in [2.24, 2.45) is 0 Å². The summed E-state index contributed by atoms with van der Waals surface area (Å²) >= 11 is 0. The molecular formula is C9H12F3N3O2. The van der Waals surface area contributed by atoms with Crippen LogP contribution in [0.4, 0.5) is 13.2 Å². The van der Waals surface area contributed by atoms with Gasteiger partial charge in [0.25, 0.3) is 0 Å². The van der Waals surface area contributed by atoms with Crippen LogP contribution >= 0.6 is 0 Å². The van der Waals surface area contributed by atoms with Crippen molar-refractivity contribution in [3.05, 3.63) is 11.7 Å². The Morgan fingerprint density at radius 2 is 2.18 bits per heavy atom. The highest BCUT2D eigenvalue weighted by atomic mass is 19.4. The Hall–Kier alpha value is -1.15. The van der Waals surface area contributed by atoms with E-state index in [0.717, 1.165) is 13.1 Å². The molecule has 1 aromatic rings. The average Bonchev–Trinajstić information content (AvgIpc) is 2.57. The lowest BCUT2D eigenvalue weighted by Gasteiger charge is -2.22. The monoisotopic (exact) mass is 251 g/mol. The number of ether oxygens (including phenoxy) is 1. The van der Waals surface area contributed by atoms with E-state index in [1.807, 2.05) is 0 Å². The molecule has 0 atom stereocenters. The Balaban J connectivity index is 1.70. The van der Waals surface area contributed by atoms with Gasteiger partial charge in [0.1, 0.15) is 6.61 Å². The molecule has 1 fully saturated rings. The van der Waals surface area contributed by atoms with Gasteiger partial charge >= 0.3 is 6.18 Å². The Bertz CT molecular complexity index is 363. The van der Waals surface area contributed by atoms with E-state index in [2.05, 4.69) is 20.2 Å². The predicted molar refractivity (Wildman–Crippen MR) is 50.5 cm³/mol. The van der Waals surface area contributed by atoms with E-state index < -0.39 is 12.8 Å². The quantitative estimate of drug-likeness (QED) is 0.787. The van der Waals surface area contributed by atoms with Crippen molar-refractivity contribution in [3.63, 3.8) is 0 Å². The third kappa shape index (κ3) is 3.67. The molecule has 0 spiro atoms. The molecule has 8 heteroatoms. The first kappa shape index (κ1) is 12.3. The molecule has 2 heterocycles. The molecule has 0 radical (unpaired) electrons. The van der Waals surface area contributed by atoms with E-state index in [9.17, 15) is 13.2 Å². The van der Waals surface area contributed by atoms with Gasteiger partial charge in [0.2, 0.25) is 5.89 Å². The van der Waals surface area contributed by atoms with Crippen molar-refractivity contribution in [3.8, 4) is 0 Å². The fourth-order valence-electron chi connectivity index (χ4n) is 1.35. The molecule has 0 aromatic carbocycles. The lowest BCUT2D eigenvalue weighted by atomic mass is 10.0. The molecule has 0 saturated carbocycles. The van der Waals surface area contributed by atoms with Crippen molar-refractivity contribution >= 4 is 0 Å². The molecule has 0 amide bonds. The van der Waals surface area contributed by atoms with Gasteiger partial charge in [-0.3, -0.25) is 0 Å². The van der Waals surface area contributed by atoms with Gasteiger partial charge < -0.3 is 14.6 Å². The third-order valence-electron chi connectivity index (χ3n) is 2.35. The maximum absolute atomic E-state index is 11.8. The zero-order valence-electron chi connectivity index (χ0n) is 8.96. The fourth-order valence-corrected chi connectivity index (χ4v) is 1.35. The Morgan fingerprint density at radius 3 is 2.76 bits per heavy atom. The molecule has 17 heavy (non-hydrogen) atoms. The maximum Gasteiger partial charge on any atom is 0.411 e. The van der Waals surface area contributed by atoms with Crippen molar-refractivity contribution < 1.29 is 22.4 Å². The van der Waals surface area contributed by atoms with Gasteiger partial charge in [-0.1, -0.05) is 5.16 Å². The van der Waals surface area contributed by atoms with E-state index in [4.69, 9.17) is 4.52 Å². The summed E-state index contributed by atoms with van der Waals surface area (Å²) < 4.78 is 44.7. The van der Waals surface area contributed by atoms with E-state index in [1.54, 1.807) is 0 Å². The Morgan fingerprint density at radius 1 is 1.41 bits per heavy atom. The highest BCUT2D eigenvalue weighted by Crippen LogP contribution is 2.17. The molecule has 0 bridgehead atoms. The van der Waals surface area contributed by atoms with Crippen LogP contribution < -0.4 is 5.32 Å². The van der Waals surface area contributed by atoms with Crippen LogP contribution in [0, 0.1) is 0 Å². The van der Waals surface area contributed by atoms with Gasteiger partial charge in [-0.25, -0.2) is 0 Å². The molecule has 1 aliphatic rings. The topological polar surface area (TPSA) is 60.2 Å². The first-order valence-corrected chi connectivity index (χ1v) is 5.22. The number of rotatable bonds is 5. The van der Waals surface area contributed by atoms with E-state index in [0.29, 0.717) is 11.7 Å². The zero-order chi connectivity index (χ0) is 12.3. The minimum atomic E-state index is -4.29. The Labute approximate surface area is 95.3 Å². The van der Waals surface area contributed by atoms with Crippen molar-refractivity contribution in [2.75, 3.05) is 26.3 Å². The molecule has 5 nitrogen and oxygen atoms in total. The van der Waals surface area contributed by atoms with Crippen LogP contribution in [0.15, 0.2) is 4.52 Å². The maximum atomic E-state index is 11.8. The number of halogens is 3.